The van der Waals surface area contributed by atoms with E-state index in [4.69, 9.17) is 9.98 Å². The molecule has 1 aliphatic carbocycles. The summed E-state index contributed by atoms with van der Waals surface area (Å²) in [6.45, 7) is 9.47. The number of aliphatic imine (C=N–C) groups is 2. The van der Waals surface area contributed by atoms with Gasteiger partial charge in [0.15, 0.2) is 0 Å². The molecular weight excluding hydrogens is 603 g/mol. The van der Waals surface area contributed by atoms with Crippen LogP contribution in [0.4, 0.5) is 0 Å². The van der Waals surface area contributed by atoms with Gasteiger partial charge in [0.2, 0.25) is 0 Å². The molecule has 2 heterocycles. The van der Waals surface area contributed by atoms with Crippen LogP contribution in [0.1, 0.15) is 39.6 Å². The fourth-order valence-electron chi connectivity index (χ4n) is 6.08. The first-order chi connectivity index (χ1) is 23.6. The maximum Gasteiger partial charge on any atom is 0.0884 e. The van der Waals surface area contributed by atoms with Crippen molar-refractivity contribution in [1.82, 2.24) is 4.98 Å². The quantitative estimate of drug-likeness (QED) is 0.153. The van der Waals surface area contributed by atoms with Crippen molar-refractivity contribution in [3.8, 4) is 11.1 Å². The molecule has 4 heteroatoms. The number of fused-ring (bicyclic) bond motifs is 1. The van der Waals surface area contributed by atoms with Gasteiger partial charge in [0, 0.05) is 33.8 Å². The second-order valence-corrected chi connectivity index (χ2v) is 12.8. The van der Waals surface area contributed by atoms with E-state index in [2.05, 4.69) is 147 Å². The summed E-state index contributed by atoms with van der Waals surface area (Å²) in [6.07, 6.45) is 12.0. The highest BCUT2D eigenvalue weighted by molar-refractivity contribution is 7.21. The average Bonchev–Trinajstić information content (AvgIpc) is 3.49. The van der Waals surface area contributed by atoms with Crippen molar-refractivity contribution in [2.24, 2.45) is 9.98 Å². The molecule has 0 saturated carbocycles. The third-order valence-corrected chi connectivity index (χ3v) is 9.96. The van der Waals surface area contributed by atoms with Crippen LogP contribution < -0.4 is 0 Å². The highest BCUT2D eigenvalue weighted by Gasteiger charge is 2.18. The Morgan fingerprint density at radius 3 is 2.29 bits per heavy atom. The highest BCUT2D eigenvalue weighted by Crippen LogP contribution is 2.35. The van der Waals surface area contributed by atoms with Crippen LogP contribution in [0.2, 0.25) is 0 Å². The lowest BCUT2D eigenvalue weighted by atomic mass is 9.93. The lowest BCUT2D eigenvalue weighted by Crippen LogP contribution is -2.05. The van der Waals surface area contributed by atoms with Crippen LogP contribution in [0.3, 0.4) is 0 Å². The van der Waals surface area contributed by atoms with Gasteiger partial charge in [0.05, 0.1) is 28.5 Å². The average molecular weight is 638 g/mol. The van der Waals surface area contributed by atoms with Crippen molar-refractivity contribution in [1.29, 1.82) is 0 Å². The fraction of sp³-hybridized carbons (Fsp3) is 0.0682. The summed E-state index contributed by atoms with van der Waals surface area (Å²) in [5.74, 6) is 0. The zero-order chi connectivity index (χ0) is 32.9. The summed E-state index contributed by atoms with van der Waals surface area (Å²) in [4.78, 5) is 15.7. The minimum Gasteiger partial charge on any atom is -0.280 e. The molecule has 0 atom stereocenters. The molecular formula is C44H35N3S. The van der Waals surface area contributed by atoms with E-state index in [1.54, 1.807) is 17.5 Å². The summed E-state index contributed by atoms with van der Waals surface area (Å²) >= 11 is 1.78. The normalized spacial score (nSPS) is 14.9. The van der Waals surface area contributed by atoms with Crippen LogP contribution in [0.5, 0.6) is 0 Å². The highest BCUT2D eigenvalue weighted by atomic mass is 32.1. The van der Waals surface area contributed by atoms with E-state index in [1.165, 1.54) is 21.2 Å². The lowest BCUT2D eigenvalue weighted by molar-refractivity contribution is 1.05. The Hall–Kier alpha value is -5.71. The summed E-state index contributed by atoms with van der Waals surface area (Å²) in [7, 11) is 0. The molecule has 2 aromatic heterocycles. The van der Waals surface area contributed by atoms with Crippen LogP contribution in [0.15, 0.2) is 174 Å². The molecule has 7 rings (SSSR count). The third kappa shape index (κ3) is 6.44. The first-order valence-corrected chi connectivity index (χ1v) is 16.9. The lowest BCUT2D eigenvalue weighted by Gasteiger charge is -2.14. The van der Waals surface area contributed by atoms with Gasteiger partial charge in [-0.2, -0.15) is 0 Å². The smallest absolute Gasteiger partial charge is 0.0884 e. The maximum absolute atomic E-state index is 5.34. The Bertz CT molecular complexity index is 2270. The monoisotopic (exact) mass is 637 g/mol. The van der Waals surface area contributed by atoms with Crippen molar-refractivity contribution in [2.45, 2.75) is 20.4 Å². The Morgan fingerprint density at radius 1 is 0.771 bits per heavy atom. The molecule has 0 unspecified atom stereocenters. The molecule has 0 bridgehead atoms. The predicted molar refractivity (Wildman–Crippen MR) is 206 cm³/mol. The van der Waals surface area contributed by atoms with E-state index in [0.29, 0.717) is 6.54 Å². The second kappa shape index (κ2) is 14.0. The Kier molecular flexibility index (Phi) is 8.99. The van der Waals surface area contributed by atoms with Gasteiger partial charge in [-0.25, -0.2) is 4.99 Å². The molecule has 4 aromatic carbocycles. The van der Waals surface area contributed by atoms with Gasteiger partial charge in [-0.05, 0) is 70.8 Å². The van der Waals surface area contributed by atoms with Crippen molar-refractivity contribution in [2.75, 3.05) is 0 Å². The summed E-state index contributed by atoms with van der Waals surface area (Å²) in [5.41, 5.74) is 12.7. The number of rotatable bonds is 8. The molecule has 0 saturated heterocycles. The zero-order valence-corrected chi connectivity index (χ0v) is 27.9. The molecule has 0 spiro atoms. The van der Waals surface area contributed by atoms with Gasteiger partial charge in [-0.15, -0.1) is 11.3 Å². The minimum atomic E-state index is 0.586. The van der Waals surface area contributed by atoms with Crippen molar-refractivity contribution in [3.05, 3.63) is 197 Å². The summed E-state index contributed by atoms with van der Waals surface area (Å²) in [5, 5.41) is 1.26. The predicted octanol–water partition coefficient (Wildman–Crippen LogP) is 11.3. The fourth-order valence-corrected chi connectivity index (χ4v) is 7.30. The number of aryl methyl sites for hydroxylation is 1. The topological polar surface area (TPSA) is 37.6 Å². The number of pyridine rings is 1. The number of hydrogen-bond donors (Lipinski definition) is 0. The van der Waals surface area contributed by atoms with E-state index < -0.39 is 0 Å². The van der Waals surface area contributed by atoms with E-state index in [0.717, 1.165) is 61.0 Å². The Morgan fingerprint density at radius 2 is 1.50 bits per heavy atom. The van der Waals surface area contributed by atoms with Crippen LogP contribution in [-0.4, -0.2) is 16.4 Å². The Labute approximate surface area is 286 Å². The zero-order valence-electron chi connectivity index (χ0n) is 27.1. The van der Waals surface area contributed by atoms with Crippen molar-refractivity contribution in [3.63, 3.8) is 0 Å². The minimum absolute atomic E-state index is 0.586. The second-order valence-electron chi connectivity index (χ2n) is 11.8. The molecule has 0 radical (unpaired) electrons. The maximum atomic E-state index is 5.34. The summed E-state index contributed by atoms with van der Waals surface area (Å²) in [6, 6.07) is 40.2. The molecule has 48 heavy (non-hydrogen) atoms. The SMILES string of the molecule is C=C(N=C(c1ccc(/C(C)=C2\C=CC=CC2=NCc2cccnc2)cc1)c1sc2ccccc2c1C)c1ccccc1-c1ccccc1. The van der Waals surface area contributed by atoms with Crippen LogP contribution in [0.25, 0.3) is 32.5 Å². The number of nitrogens with zero attached hydrogens (tertiary/aromatic N) is 3. The molecule has 0 N–H and O–H groups in total. The molecule has 0 amide bonds. The van der Waals surface area contributed by atoms with Gasteiger partial charge in [0.25, 0.3) is 0 Å². The standard InChI is InChI=1S/C44H35N3S/c1-30(37-17-9-11-21-41(37)46-29-33-14-13-27-45-28-33)34-23-25-36(26-24-34)43(44-31(2)38-18-10-12-22-42(38)48-44)47-32(3)39-19-7-8-20-40(39)35-15-5-4-6-16-35/h4-28H,3,29H2,1-2H3/b37-30+,46-41?,47-43?. The number of aromatic nitrogens is 1. The van der Waals surface area contributed by atoms with E-state index in [9.17, 15) is 0 Å². The first kappa shape index (κ1) is 30.9. The molecule has 3 nitrogen and oxygen atoms in total. The van der Waals surface area contributed by atoms with E-state index in [1.807, 2.05) is 24.4 Å². The van der Waals surface area contributed by atoms with Gasteiger partial charge < -0.3 is 0 Å². The molecule has 1 aliphatic rings. The van der Waals surface area contributed by atoms with Gasteiger partial charge in [-0.3, -0.25) is 9.98 Å². The van der Waals surface area contributed by atoms with Crippen LogP contribution in [-0.2, 0) is 6.54 Å². The van der Waals surface area contributed by atoms with Crippen molar-refractivity contribution >= 4 is 44.1 Å². The van der Waals surface area contributed by atoms with E-state index in [-0.39, 0.29) is 0 Å². The van der Waals surface area contributed by atoms with Gasteiger partial charge >= 0.3 is 0 Å². The largest absolute Gasteiger partial charge is 0.280 e. The number of thiophene rings is 1. The molecule has 0 fully saturated rings. The van der Waals surface area contributed by atoms with Crippen LogP contribution >= 0.6 is 11.3 Å². The molecule has 0 aliphatic heterocycles. The summed E-state index contributed by atoms with van der Waals surface area (Å²) < 4.78 is 1.25. The number of benzene rings is 4. The number of hydrogen-bond acceptors (Lipinski definition) is 4. The number of allylic oxidation sites excluding steroid dienone is 6. The molecule has 232 valence electrons. The van der Waals surface area contributed by atoms with Crippen LogP contribution in [0, 0.1) is 6.92 Å². The van der Waals surface area contributed by atoms with Crippen molar-refractivity contribution < 1.29 is 0 Å². The molecule has 6 aromatic rings. The third-order valence-electron chi connectivity index (χ3n) is 8.68. The first-order valence-electron chi connectivity index (χ1n) is 16.1. The van der Waals surface area contributed by atoms with E-state index >= 15 is 0 Å². The van der Waals surface area contributed by atoms with Gasteiger partial charge in [-0.1, -0.05) is 128 Å². The van der Waals surface area contributed by atoms with Gasteiger partial charge in [0.1, 0.15) is 0 Å². The Balaban J connectivity index is 1.29.